The van der Waals surface area contributed by atoms with Gasteiger partial charge in [0.1, 0.15) is 23.5 Å². The fourth-order valence-electron chi connectivity index (χ4n) is 5.16. The van der Waals surface area contributed by atoms with Crippen molar-refractivity contribution in [3.8, 4) is 16.5 Å². The molecule has 1 aromatic carbocycles. The van der Waals surface area contributed by atoms with Crippen LogP contribution in [0, 0.1) is 36.9 Å². The minimum absolute atomic E-state index is 0.0301. The van der Waals surface area contributed by atoms with E-state index in [1.165, 1.54) is 22.3 Å². The van der Waals surface area contributed by atoms with Gasteiger partial charge in [-0.15, -0.1) is 11.3 Å². The van der Waals surface area contributed by atoms with Gasteiger partial charge in [0.25, 0.3) is 0 Å². The Morgan fingerprint density at radius 1 is 1.34 bits per heavy atom. The zero-order valence-electron chi connectivity index (χ0n) is 20.7. The predicted molar refractivity (Wildman–Crippen MR) is 131 cm³/mol. The molecule has 1 saturated heterocycles. The molecule has 2 amide bonds. The van der Waals surface area contributed by atoms with Crippen LogP contribution in [0.3, 0.4) is 0 Å². The van der Waals surface area contributed by atoms with Crippen molar-refractivity contribution in [1.82, 2.24) is 15.2 Å². The van der Waals surface area contributed by atoms with Crippen molar-refractivity contribution in [3.63, 3.8) is 0 Å². The molecule has 186 valence electrons. The molecule has 0 spiro atoms. The van der Waals surface area contributed by atoms with Gasteiger partial charge in [-0.3, -0.25) is 9.69 Å². The summed E-state index contributed by atoms with van der Waals surface area (Å²) in [5.74, 6) is -0.783. The van der Waals surface area contributed by atoms with E-state index in [9.17, 15) is 19.2 Å². The third-order valence-electron chi connectivity index (χ3n) is 6.57. The first kappa shape index (κ1) is 25.1. The van der Waals surface area contributed by atoms with Gasteiger partial charge in [-0.05, 0) is 77.0 Å². The lowest BCUT2D eigenvalue weighted by Gasteiger charge is -2.35. The van der Waals surface area contributed by atoms with Gasteiger partial charge in [0.15, 0.2) is 0 Å². The van der Waals surface area contributed by atoms with Crippen LogP contribution in [0.5, 0.6) is 0 Å². The minimum Gasteiger partial charge on any atom is -0.444 e. The quantitative estimate of drug-likeness (QED) is 0.632. The summed E-state index contributed by atoms with van der Waals surface area (Å²) in [5, 5.41) is 13.4. The number of hydrogen-bond donors (Lipinski definition) is 1. The number of nitriles is 1. The highest BCUT2D eigenvalue weighted by Crippen LogP contribution is 2.43. The molecule has 2 fully saturated rings. The van der Waals surface area contributed by atoms with Crippen molar-refractivity contribution in [1.29, 1.82) is 5.26 Å². The standard InChI is InChI=1S/C26H31FN4O3S/c1-14-23(35-15(2)29-14)18-7-6-16(21(27)12-18)10-19(13-28)30-24(32)22-17-8-9-20(11-17)31(22)25(33)34-26(3,4)5/h6-7,12,17,19-20,22H,8-11H2,1-5H3,(H,30,32)/t17-,19-,20+,22-/m0/s1. The number of thiazole rings is 1. The Hall–Kier alpha value is -2.99. The van der Waals surface area contributed by atoms with Crippen LogP contribution < -0.4 is 5.32 Å². The summed E-state index contributed by atoms with van der Waals surface area (Å²) >= 11 is 1.50. The molecule has 2 aliphatic rings. The Labute approximate surface area is 209 Å². The van der Waals surface area contributed by atoms with E-state index < -0.39 is 29.6 Å². The first-order valence-electron chi connectivity index (χ1n) is 11.9. The average molecular weight is 499 g/mol. The van der Waals surface area contributed by atoms with Crippen molar-refractivity contribution < 1.29 is 18.7 Å². The summed E-state index contributed by atoms with van der Waals surface area (Å²) in [4.78, 5) is 32.9. The van der Waals surface area contributed by atoms with Gasteiger partial charge in [0, 0.05) is 12.5 Å². The first-order valence-corrected chi connectivity index (χ1v) is 12.7. The van der Waals surface area contributed by atoms with E-state index >= 15 is 0 Å². The normalized spacial score (nSPS) is 22.1. The summed E-state index contributed by atoms with van der Waals surface area (Å²) in [6.45, 7) is 9.17. The topological polar surface area (TPSA) is 95.3 Å². The molecular weight excluding hydrogens is 467 g/mol. The molecule has 35 heavy (non-hydrogen) atoms. The van der Waals surface area contributed by atoms with Crippen LogP contribution in [0.4, 0.5) is 9.18 Å². The van der Waals surface area contributed by atoms with E-state index in [1.807, 2.05) is 19.9 Å². The fraction of sp³-hybridized carbons (Fsp3) is 0.538. The Morgan fingerprint density at radius 2 is 2.09 bits per heavy atom. The van der Waals surface area contributed by atoms with E-state index in [0.717, 1.165) is 40.4 Å². The Bertz CT molecular complexity index is 1180. The second-order valence-corrected chi connectivity index (χ2v) is 11.6. The van der Waals surface area contributed by atoms with Gasteiger partial charge in [-0.2, -0.15) is 5.26 Å². The average Bonchev–Trinajstić information content (AvgIpc) is 3.47. The largest absolute Gasteiger partial charge is 0.444 e. The summed E-state index contributed by atoms with van der Waals surface area (Å²) in [6.07, 6.45) is 1.97. The molecule has 1 aliphatic carbocycles. The third-order valence-corrected chi connectivity index (χ3v) is 7.70. The monoisotopic (exact) mass is 498 g/mol. The fourth-order valence-corrected chi connectivity index (χ4v) is 6.08. The number of carbonyl (C=O) groups is 2. The number of rotatable bonds is 5. The number of likely N-dealkylation sites (tertiary alicyclic amines) is 1. The smallest absolute Gasteiger partial charge is 0.411 e. The van der Waals surface area contributed by atoms with Crippen LogP contribution >= 0.6 is 11.3 Å². The molecule has 1 N–H and O–H groups in total. The number of aromatic nitrogens is 1. The van der Waals surface area contributed by atoms with Crippen molar-refractivity contribution in [2.75, 3.05) is 0 Å². The summed E-state index contributed by atoms with van der Waals surface area (Å²) in [6, 6.07) is 5.36. The highest BCUT2D eigenvalue weighted by Gasteiger charge is 2.52. The number of nitrogens with zero attached hydrogens (tertiary/aromatic N) is 3. The molecule has 4 atom stereocenters. The highest BCUT2D eigenvalue weighted by atomic mass is 32.1. The minimum atomic E-state index is -0.921. The molecule has 0 radical (unpaired) electrons. The molecule has 2 bridgehead atoms. The van der Waals surface area contributed by atoms with E-state index in [4.69, 9.17) is 4.74 Å². The molecule has 1 saturated carbocycles. The molecule has 0 unspecified atom stereocenters. The zero-order chi connectivity index (χ0) is 25.5. The van der Waals surface area contributed by atoms with Crippen LogP contribution in [0.2, 0.25) is 0 Å². The molecule has 4 rings (SSSR count). The van der Waals surface area contributed by atoms with Crippen LogP contribution in [0.25, 0.3) is 10.4 Å². The van der Waals surface area contributed by atoms with Gasteiger partial charge < -0.3 is 10.1 Å². The van der Waals surface area contributed by atoms with Gasteiger partial charge in [-0.25, -0.2) is 14.2 Å². The SMILES string of the molecule is Cc1nc(C)c(-c2ccc(C[C@@H](C#N)NC(=O)[C@@H]3[C@H]4CC[C@H](C4)N3C(=O)OC(C)(C)C)c(F)c2)s1. The lowest BCUT2D eigenvalue weighted by molar-refractivity contribution is -0.128. The van der Waals surface area contributed by atoms with Crippen LogP contribution in [-0.4, -0.2) is 45.6 Å². The molecule has 2 heterocycles. The van der Waals surface area contributed by atoms with Crippen molar-refractivity contribution in [3.05, 3.63) is 40.3 Å². The lowest BCUT2D eigenvalue weighted by Crippen LogP contribution is -2.55. The Kier molecular flexibility index (Phi) is 6.87. The number of benzene rings is 1. The van der Waals surface area contributed by atoms with Gasteiger partial charge >= 0.3 is 6.09 Å². The van der Waals surface area contributed by atoms with E-state index in [1.54, 1.807) is 26.8 Å². The number of aryl methyl sites for hydroxylation is 2. The number of carbonyl (C=O) groups excluding carboxylic acids is 2. The predicted octanol–water partition coefficient (Wildman–Crippen LogP) is 4.90. The lowest BCUT2D eigenvalue weighted by atomic mass is 9.97. The van der Waals surface area contributed by atoms with Crippen molar-refractivity contribution in [2.45, 2.75) is 84.0 Å². The summed E-state index contributed by atoms with van der Waals surface area (Å²) in [5.41, 5.74) is 1.26. The zero-order valence-corrected chi connectivity index (χ0v) is 21.5. The molecule has 7 nitrogen and oxygen atoms in total. The van der Waals surface area contributed by atoms with Crippen molar-refractivity contribution in [2.24, 2.45) is 5.92 Å². The molecular formula is C26H31FN4O3S. The van der Waals surface area contributed by atoms with E-state index in [0.29, 0.717) is 5.56 Å². The molecule has 1 aromatic heterocycles. The van der Waals surface area contributed by atoms with Crippen molar-refractivity contribution >= 4 is 23.3 Å². The number of ether oxygens (including phenoxy) is 1. The van der Waals surface area contributed by atoms with Gasteiger partial charge in [0.05, 0.1) is 21.6 Å². The van der Waals surface area contributed by atoms with Crippen LogP contribution in [0.15, 0.2) is 18.2 Å². The van der Waals surface area contributed by atoms with E-state index in [-0.39, 0.29) is 24.3 Å². The number of amides is 2. The van der Waals surface area contributed by atoms with Crippen LogP contribution in [-0.2, 0) is 16.0 Å². The number of nitrogens with one attached hydrogen (secondary N) is 1. The molecule has 1 aliphatic heterocycles. The number of hydrogen-bond acceptors (Lipinski definition) is 6. The number of halogens is 1. The number of fused-ring (bicyclic) bond motifs is 2. The summed E-state index contributed by atoms with van der Waals surface area (Å²) < 4.78 is 20.5. The maximum atomic E-state index is 14.9. The molecule has 9 heteroatoms. The Balaban J connectivity index is 1.46. The third kappa shape index (κ3) is 5.32. The Morgan fingerprint density at radius 3 is 2.69 bits per heavy atom. The maximum Gasteiger partial charge on any atom is 0.411 e. The first-order chi connectivity index (χ1) is 16.5. The second kappa shape index (κ2) is 9.57. The van der Waals surface area contributed by atoms with E-state index in [2.05, 4.69) is 16.4 Å². The van der Waals surface area contributed by atoms with Crippen LogP contribution in [0.1, 0.15) is 56.3 Å². The van der Waals surface area contributed by atoms with Gasteiger partial charge in [-0.1, -0.05) is 12.1 Å². The second-order valence-electron chi connectivity index (χ2n) is 10.4. The molecule has 2 aromatic rings. The maximum absolute atomic E-state index is 14.9. The number of piperidine rings is 1. The van der Waals surface area contributed by atoms with Gasteiger partial charge in [0.2, 0.25) is 5.91 Å². The highest BCUT2D eigenvalue weighted by molar-refractivity contribution is 7.15. The summed E-state index contributed by atoms with van der Waals surface area (Å²) in [7, 11) is 0.